The third-order valence-electron chi connectivity index (χ3n) is 3.37. The van der Waals surface area contributed by atoms with Crippen molar-refractivity contribution in [2.24, 2.45) is 0 Å². The number of hydrogen-bond acceptors (Lipinski definition) is 6. The van der Waals surface area contributed by atoms with Crippen LogP contribution in [0, 0.1) is 0 Å². The van der Waals surface area contributed by atoms with Crippen molar-refractivity contribution < 1.29 is 8.42 Å². The highest BCUT2D eigenvalue weighted by atomic mass is 35.5. The van der Waals surface area contributed by atoms with Gasteiger partial charge in [-0.15, -0.1) is 0 Å². The van der Waals surface area contributed by atoms with E-state index in [1.54, 1.807) is 18.2 Å². The van der Waals surface area contributed by atoms with Gasteiger partial charge in [-0.1, -0.05) is 11.6 Å². The molecule has 1 aliphatic heterocycles. The fraction of sp³-hybridized carbons (Fsp3) is 0.286. The first-order valence-corrected chi connectivity index (χ1v) is 9.02. The minimum atomic E-state index is -2.91. The van der Waals surface area contributed by atoms with Crippen LogP contribution >= 0.6 is 11.6 Å². The van der Waals surface area contributed by atoms with Crippen molar-refractivity contribution >= 4 is 38.8 Å². The molecule has 0 saturated carbocycles. The predicted octanol–water partition coefficient (Wildman–Crippen LogP) is 2.47. The van der Waals surface area contributed by atoms with Crippen molar-refractivity contribution in [3.05, 3.63) is 41.7 Å². The van der Waals surface area contributed by atoms with Gasteiger partial charge in [-0.3, -0.25) is 0 Å². The highest BCUT2D eigenvalue weighted by molar-refractivity contribution is 7.91. The largest absolute Gasteiger partial charge is 0.366 e. The van der Waals surface area contributed by atoms with Gasteiger partial charge in [0, 0.05) is 22.8 Å². The molecular weight excluding hydrogens is 324 g/mol. The number of hydrogen-bond donors (Lipinski definition) is 2. The molecule has 1 aliphatic rings. The van der Waals surface area contributed by atoms with Crippen LogP contribution in [0.15, 0.2) is 36.7 Å². The van der Waals surface area contributed by atoms with Crippen molar-refractivity contribution in [3.63, 3.8) is 0 Å². The molecule has 1 atom stereocenters. The summed E-state index contributed by atoms with van der Waals surface area (Å²) in [6.45, 7) is 0. The summed E-state index contributed by atoms with van der Waals surface area (Å²) in [5, 5.41) is 6.95. The quantitative estimate of drug-likeness (QED) is 0.891. The number of nitrogens with one attached hydrogen (secondary N) is 2. The summed E-state index contributed by atoms with van der Waals surface area (Å²) < 4.78 is 22.9. The minimum Gasteiger partial charge on any atom is -0.366 e. The van der Waals surface area contributed by atoms with Gasteiger partial charge in [0.1, 0.15) is 18.0 Å². The Labute approximate surface area is 133 Å². The Morgan fingerprint density at radius 3 is 2.55 bits per heavy atom. The van der Waals surface area contributed by atoms with Crippen LogP contribution in [-0.2, 0) is 9.84 Å². The highest BCUT2D eigenvalue weighted by Gasteiger charge is 2.27. The van der Waals surface area contributed by atoms with Crippen LogP contribution < -0.4 is 10.6 Å². The third-order valence-corrected chi connectivity index (χ3v) is 5.39. The molecule has 8 heteroatoms. The Bertz CT molecular complexity index is 765. The molecule has 3 rings (SSSR count). The average Bonchev–Trinajstić information content (AvgIpc) is 2.81. The van der Waals surface area contributed by atoms with E-state index in [1.165, 1.54) is 6.33 Å². The predicted molar refractivity (Wildman–Crippen MR) is 87.4 cm³/mol. The topological polar surface area (TPSA) is 84.0 Å². The molecule has 0 bridgehead atoms. The van der Waals surface area contributed by atoms with Crippen LogP contribution in [0.1, 0.15) is 6.42 Å². The zero-order valence-corrected chi connectivity index (χ0v) is 13.2. The van der Waals surface area contributed by atoms with Crippen LogP contribution in [0.4, 0.5) is 17.3 Å². The second kappa shape index (κ2) is 6.10. The van der Waals surface area contributed by atoms with E-state index in [4.69, 9.17) is 11.6 Å². The van der Waals surface area contributed by atoms with Crippen LogP contribution in [0.3, 0.4) is 0 Å². The van der Waals surface area contributed by atoms with E-state index >= 15 is 0 Å². The standard InChI is InChI=1S/C14H15ClN4O2S/c15-10-1-3-11(4-2-10)18-13-7-14(17-9-16-13)19-12-5-6-22(20,21)8-12/h1-4,7,9,12H,5-6,8H2,(H2,16,17,18,19). The van der Waals surface area contributed by atoms with E-state index in [-0.39, 0.29) is 17.5 Å². The van der Waals surface area contributed by atoms with Crippen LogP contribution in [0.25, 0.3) is 0 Å². The van der Waals surface area contributed by atoms with E-state index in [0.29, 0.717) is 23.1 Å². The van der Waals surface area contributed by atoms with E-state index in [0.717, 1.165) is 5.69 Å². The molecule has 1 unspecified atom stereocenters. The molecule has 2 aromatic rings. The highest BCUT2D eigenvalue weighted by Crippen LogP contribution is 2.20. The van der Waals surface area contributed by atoms with E-state index in [9.17, 15) is 8.42 Å². The van der Waals surface area contributed by atoms with Gasteiger partial charge >= 0.3 is 0 Å². The lowest BCUT2D eigenvalue weighted by Crippen LogP contribution is -2.21. The fourth-order valence-corrected chi connectivity index (χ4v) is 4.10. The second-order valence-corrected chi connectivity index (χ2v) is 7.83. The van der Waals surface area contributed by atoms with E-state index in [1.807, 2.05) is 12.1 Å². The summed E-state index contributed by atoms with van der Waals surface area (Å²) in [4.78, 5) is 8.28. The van der Waals surface area contributed by atoms with Crippen molar-refractivity contribution in [2.45, 2.75) is 12.5 Å². The summed E-state index contributed by atoms with van der Waals surface area (Å²) in [7, 11) is -2.91. The first-order chi connectivity index (χ1) is 10.5. The lowest BCUT2D eigenvalue weighted by atomic mass is 10.2. The lowest BCUT2D eigenvalue weighted by molar-refractivity contribution is 0.602. The normalized spacial score (nSPS) is 19.8. The van der Waals surface area contributed by atoms with Crippen LogP contribution in [0.5, 0.6) is 0 Å². The molecular formula is C14H15ClN4O2S. The van der Waals surface area contributed by atoms with Gasteiger partial charge in [0.2, 0.25) is 0 Å². The van der Waals surface area contributed by atoms with Gasteiger partial charge < -0.3 is 10.6 Å². The molecule has 1 fully saturated rings. The van der Waals surface area contributed by atoms with Crippen molar-refractivity contribution in [1.29, 1.82) is 0 Å². The van der Waals surface area contributed by atoms with Crippen molar-refractivity contribution in [2.75, 3.05) is 22.1 Å². The molecule has 2 N–H and O–H groups in total. The van der Waals surface area contributed by atoms with Crippen LogP contribution in [0.2, 0.25) is 5.02 Å². The van der Waals surface area contributed by atoms with Gasteiger partial charge in [-0.25, -0.2) is 18.4 Å². The SMILES string of the molecule is O=S1(=O)CCC(Nc2cc(Nc3ccc(Cl)cc3)ncn2)C1. The Morgan fingerprint density at radius 2 is 1.86 bits per heavy atom. The van der Waals surface area contributed by atoms with E-state index < -0.39 is 9.84 Å². The van der Waals surface area contributed by atoms with Crippen molar-refractivity contribution in [3.8, 4) is 0 Å². The smallest absolute Gasteiger partial charge is 0.152 e. The van der Waals surface area contributed by atoms with Gasteiger partial charge in [0.25, 0.3) is 0 Å². The second-order valence-electron chi connectivity index (χ2n) is 5.16. The number of rotatable bonds is 4. The zero-order chi connectivity index (χ0) is 15.6. The third kappa shape index (κ3) is 3.86. The first-order valence-electron chi connectivity index (χ1n) is 6.82. The molecule has 0 spiro atoms. The molecule has 1 aromatic heterocycles. The number of anilines is 3. The van der Waals surface area contributed by atoms with Gasteiger partial charge in [0.15, 0.2) is 9.84 Å². The number of sulfone groups is 1. The van der Waals surface area contributed by atoms with Crippen molar-refractivity contribution in [1.82, 2.24) is 9.97 Å². The Morgan fingerprint density at radius 1 is 1.14 bits per heavy atom. The number of nitrogens with zero attached hydrogens (tertiary/aromatic N) is 2. The molecule has 2 heterocycles. The zero-order valence-electron chi connectivity index (χ0n) is 11.7. The number of benzene rings is 1. The molecule has 6 nitrogen and oxygen atoms in total. The molecule has 22 heavy (non-hydrogen) atoms. The molecule has 0 aliphatic carbocycles. The molecule has 116 valence electrons. The number of aromatic nitrogens is 2. The molecule has 1 aromatic carbocycles. The maximum Gasteiger partial charge on any atom is 0.152 e. The molecule has 0 amide bonds. The minimum absolute atomic E-state index is 0.0942. The lowest BCUT2D eigenvalue weighted by Gasteiger charge is -2.12. The Kier molecular flexibility index (Phi) is 4.17. The van der Waals surface area contributed by atoms with E-state index in [2.05, 4.69) is 20.6 Å². The van der Waals surface area contributed by atoms with Crippen LogP contribution in [-0.4, -0.2) is 35.9 Å². The average molecular weight is 339 g/mol. The summed E-state index contributed by atoms with van der Waals surface area (Å²) >= 11 is 5.85. The summed E-state index contributed by atoms with van der Waals surface area (Å²) in [5.74, 6) is 1.61. The maximum atomic E-state index is 11.5. The van der Waals surface area contributed by atoms with Gasteiger partial charge in [-0.2, -0.15) is 0 Å². The number of halogens is 1. The maximum absolute atomic E-state index is 11.5. The molecule has 0 radical (unpaired) electrons. The summed E-state index contributed by atoms with van der Waals surface area (Å²) in [6, 6.07) is 8.92. The Balaban J connectivity index is 1.68. The monoisotopic (exact) mass is 338 g/mol. The first kappa shape index (κ1) is 15.1. The van der Waals surface area contributed by atoms with Gasteiger partial charge in [-0.05, 0) is 30.7 Å². The van der Waals surface area contributed by atoms with Gasteiger partial charge in [0.05, 0.1) is 11.5 Å². The Hall–Kier alpha value is -1.86. The molecule has 1 saturated heterocycles. The summed E-state index contributed by atoms with van der Waals surface area (Å²) in [5.41, 5.74) is 0.859. The summed E-state index contributed by atoms with van der Waals surface area (Å²) in [6.07, 6.45) is 2.04. The fourth-order valence-electron chi connectivity index (χ4n) is 2.30.